The molecule has 0 amide bonds. The number of methoxy groups -OCH3 is 1. The molecule has 0 radical (unpaired) electrons. The normalized spacial score (nSPS) is 14.1. The van der Waals surface area contributed by atoms with E-state index in [1.54, 1.807) is 11.6 Å². The molecule has 0 aliphatic rings. The van der Waals surface area contributed by atoms with Gasteiger partial charge >= 0.3 is 5.97 Å². The summed E-state index contributed by atoms with van der Waals surface area (Å²) in [5, 5.41) is 5.49. The summed E-state index contributed by atoms with van der Waals surface area (Å²) in [7, 11) is 0.549. The Morgan fingerprint density at radius 3 is 3.00 bits per heavy atom. The molecule has 1 heterocycles. The number of carbonyl (C=O) groups is 1. The predicted molar refractivity (Wildman–Crippen MR) is 70.1 cm³/mol. The topological polar surface area (TPSA) is 68.3 Å². The number of hydrogen-bond donors (Lipinski definition) is 1. The summed E-state index contributed by atoms with van der Waals surface area (Å²) < 4.78 is 15.5. The van der Waals surface area contributed by atoms with Crippen molar-refractivity contribution in [3.63, 3.8) is 0 Å². The van der Waals surface area contributed by atoms with Gasteiger partial charge in [-0.3, -0.25) is 4.21 Å². The summed E-state index contributed by atoms with van der Waals surface area (Å²) in [5.74, 6) is 0.222. The third-order valence-electron chi connectivity index (χ3n) is 2.11. The van der Waals surface area contributed by atoms with E-state index >= 15 is 0 Å². The molecule has 0 aliphatic heterocycles. The predicted octanol–water partition coefficient (Wildman–Crippen LogP) is 1.50. The van der Waals surface area contributed by atoms with Gasteiger partial charge in [0.15, 0.2) is 10.8 Å². The molecule has 17 heavy (non-hydrogen) atoms. The summed E-state index contributed by atoms with van der Waals surface area (Å²) in [6, 6.07) is 0.176. The van der Waals surface area contributed by atoms with Crippen molar-refractivity contribution >= 4 is 33.2 Å². The Hall–Kier alpha value is -0.950. The maximum Gasteiger partial charge on any atom is 0.357 e. The van der Waals surface area contributed by atoms with Crippen molar-refractivity contribution in [3.8, 4) is 0 Å². The molecule has 5 nitrogen and oxygen atoms in total. The van der Waals surface area contributed by atoms with Gasteiger partial charge in [0.1, 0.15) is 0 Å². The Morgan fingerprint density at radius 2 is 2.41 bits per heavy atom. The smallest absolute Gasteiger partial charge is 0.357 e. The lowest BCUT2D eigenvalue weighted by Gasteiger charge is -2.11. The van der Waals surface area contributed by atoms with Gasteiger partial charge in [0.25, 0.3) is 0 Å². The number of nitrogens with one attached hydrogen (secondary N) is 1. The standard InChI is InChI=1S/C10H16N2O3S2/c1-7(4-5-17(3)14)11-10-12-8(6-16-10)9(13)15-2/h6-7H,4-5H2,1-3H3,(H,11,12). The summed E-state index contributed by atoms with van der Waals surface area (Å²) in [6.07, 6.45) is 2.49. The second-order valence-electron chi connectivity index (χ2n) is 3.64. The quantitative estimate of drug-likeness (QED) is 0.797. The highest BCUT2D eigenvalue weighted by molar-refractivity contribution is 7.84. The van der Waals surface area contributed by atoms with Gasteiger partial charge in [0.2, 0.25) is 0 Å². The molecule has 0 aromatic carbocycles. The van der Waals surface area contributed by atoms with Crippen LogP contribution in [0.4, 0.5) is 5.13 Å². The Bertz CT molecular complexity index is 406. The van der Waals surface area contributed by atoms with E-state index in [-0.39, 0.29) is 6.04 Å². The lowest BCUT2D eigenvalue weighted by molar-refractivity contribution is 0.0595. The fourth-order valence-electron chi connectivity index (χ4n) is 1.16. The number of aromatic nitrogens is 1. The monoisotopic (exact) mass is 276 g/mol. The Labute approximate surface area is 107 Å². The first-order valence-corrected chi connectivity index (χ1v) is 7.74. The van der Waals surface area contributed by atoms with Crippen LogP contribution in [0.1, 0.15) is 23.8 Å². The van der Waals surface area contributed by atoms with Gasteiger partial charge in [0.05, 0.1) is 7.11 Å². The number of hydrogen-bond acceptors (Lipinski definition) is 6. The van der Waals surface area contributed by atoms with Gasteiger partial charge in [-0.25, -0.2) is 9.78 Å². The molecule has 0 saturated heterocycles. The molecule has 2 unspecified atom stereocenters. The fraction of sp³-hybridized carbons (Fsp3) is 0.600. The van der Waals surface area contributed by atoms with Gasteiger partial charge in [-0.1, -0.05) is 0 Å². The zero-order chi connectivity index (χ0) is 12.8. The number of rotatable bonds is 6. The highest BCUT2D eigenvalue weighted by Gasteiger charge is 2.12. The maximum atomic E-state index is 11.2. The largest absolute Gasteiger partial charge is 0.464 e. The van der Waals surface area contributed by atoms with Gasteiger partial charge in [-0.05, 0) is 13.3 Å². The summed E-state index contributed by atoms with van der Waals surface area (Å²) in [5.41, 5.74) is 0.311. The van der Waals surface area contributed by atoms with Crippen LogP contribution in [0.3, 0.4) is 0 Å². The molecule has 1 aromatic rings. The van der Waals surface area contributed by atoms with E-state index in [0.717, 1.165) is 6.42 Å². The van der Waals surface area contributed by atoms with E-state index in [0.29, 0.717) is 16.6 Å². The lowest BCUT2D eigenvalue weighted by atomic mass is 10.3. The molecule has 0 fully saturated rings. The van der Waals surface area contributed by atoms with E-state index < -0.39 is 16.8 Å². The SMILES string of the molecule is COC(=O)c1csc(NC(C)CCS(C)=O)n1. The molecule has 1 N–H and O–H groups in total. The average Bonchev–Trinajstić information content (AvgIpc) is 2.73. The summed E-state index contributed by atoms with van der Waals surface area (Å²) in [6.45, 7) is 1.99. The minimum Gasteiger partial charge on any atom is -0.464 e. The highest BCUT2D eigenvalue weighted by atomic mass is 32.2. The molecular weight excluding hydrogens is 260 g/mol. The number of thiazole rings is 1. The Kier molecular flexibility index (Phi) is 5.57. The third kappa shape index (κ3) is 4.82. The van der Waals surface area contributed by atoms with Crippen LogP contribution in [0.25, 0.3) is 0 Å². The molecule has 0 bridgehead atoms. The van der Waals surface area contributed by atoms with Gasteiger partial charge in [-0.2, -0.15) is 0 Å². The second-order valence-corrected chi connectivity index (χ2v) is 6.05. The van der Waals surface area contributed by atoms with E-state index in [2.05, 4.69) is 15.0 Å². The van der Waals surface area contributed by atoms with Crippen molar-refractivity contribution in [1.82, 2.24) is 4.98 Å². The van der Waals surface area contributed by atoms with E-state index in [4.69, 9.17) is 0 Å². The van der Waals surface area contributed by atoms with Gasteiger partial charge < -0.3 is 10.1 Å². The minimum absolute atomic E-state index is 0.176. The van der Waals surface area contributed by atoms with Crippen LogP contribution in [0.2, 0.25) is 0 Å². The van der Waals surface area contributed by atoms with Crippen LogP contribution in [-0.2, 0) is 15.5 Å². The van der Waals surface area contributed by atoms with Crippen LogP contribution in [0.5, 0.6) is 0 Å². The summed E-state index contributed by atoms with van der Waals surface area (Å²) in [4.78, 5) is 15.3. The highest BCUT2D eigenvalue weighted by Crippen LogP contribution is 2.17. The van der Waals surface area contributed by atoms with Crippen molar-refractivity contribution in [1.29, 1.82) is 0 Å². The Balaban J connectivity index is 2.48. The van der Waals surface area contributed by atoms with Crippen molar-refractivity contribution in [2.75, 3.05) is 24.4 Å². The first kappa shape index (κ1) is 14.1. The van der Waals surface area contributed by atoms with Crippen LogP contribution in [0, 0.1) is 0 Å². The molecule has 96 valence electrons. The third-order valence-corrected chi connectivity index (χ3v) is 3.69. The molecule has 7 heteroatoms. The van der Waals surface area contributed by atoms with Crippen molar-refractivity contribution in [2.24, 2.45) is 0 Å². The van der Waals surface area contributed by atoms with Crippen molar-refractivity contribution in [2.45, 2.75) is 19.4 Å². The number of ether oxygens (including phenoxy) is 1. The lowest BCUT2D eigenvalue weighted by Crippen LogP contribution is -2.17. The summed E-state index contributed by atoms with van der Waals surface area (Å²) >= 11 is 1.36. The van der Waals surface area contributed by atoms with Gasteiger partial charge in [-0.15, -0.1) is 11.3 Å². The number of anilines is 1. The zero-order valence-corrected chi connectivity index (χ0v) is 11.7. The number of nitrogens with zero attached hydrogens (tertiary/aromatic N) is 1. The molecular formula is C10H16N2O3S2. The minimum atomic E-state index is -0.779. The fourth-order valence-corrected chi connectivity index (χ4v) is 2.64. The van der Waals surface area contributed by atoms with E-state index in [1.165, 1.54) is 18.4 Å². The second kappa shape index (κ2) is 6.70. The zero-order valence-electron chi connectivity index (χ0n) is 10.1. The van der Waals surface area contributed by atoms with Crippen LogP contribution < -0.4 is 5.32 Å². The van der Waals surface area contributed by atoms with Crippen molar-refractivity contribution in [3.05, 3.63) is 11.1 Å². The van der Waals surface area contributed by atoms with Crippen LogP contribution in [-0.4, -0.2) is 40.3 Å². The van der Waals surface area contributed by atoms with E-state index in [9.17, 15) is 9.00 Å². The average molecular weight is 276 g/mol. The van der Waals surface area contributed by atoms with Crippen LogP contribution >= 0.6 is 11.3 Å². The maximum absolute atomic E-state index is 11.2. The Morgan fingerprint density at radius 1 is 1.71 bits per heavy atom. The van der Waals surface area contributed by atoms with Crippen LogP contribution in [0.15, 0.2) is 5.38 Å². The van der Waals surface area contributed by atoms with Crippen molar-refractivity contribution < 1.29 is 13.7 Å². The first-order chi connectivity index (χ1) is 8.02. The first-order valence-electron chi connectivity index (χ1n) is 5.13. The molecule has 0 aliphatic carbocycles. The molecule has 0 spiro atoms. The number of carbonyl (C=O) groups excluding carboxylic acids is 1. The molecule has 0 saturated carbocycles. The molecule has 1 rings (SSSR count). The molecule has 2 atom stereocenters. The number of esters is 1. The van der Waals surface area contributed by atoms with E-state index in [1.807, 2.05) is 6.92 Å². The molecule has 1 aromatic heterocycles. The van der Waals surface area contributed by atoms with Gasteiger partial charge in [0, 0.05) is 34.2 Å².